The molecule has 8 aromatic rings. The van der Waals surface area contributed by atoms with Crippen LogP contribution in [0.4, 0.5) is 22.7 Å². The van der Waals surface area contributed by atoms with Crippen molar-refractivity contribution in [2.24, 2.45) is 20.5 Å². The number of rotatable bonds is 6. The van der Waals surface area contributed by atoms with Crippen molar-refractivity contribution in [1.82, 2.24) is 0 Å². The van der Waals surface area contributed by atoms with Crippen molar-refractivity contribution < 1.29 is 36.2 Å². The van der Waals surface area contributed by atoms with Crippen LogP contribution >= 0.6 is 0 Å². The van der Waals surface area contributed by atoms with Crippen molar-refractivity contribution in [2.75, 3.05) is 0 Å². The normalized spacial score (nSPS) is 12.0. The summed E-state index contributed by atoms with van der Waals surface area (Å²) in [4.78, 5) is -0.672. The Kier molecular flexibility index (Phi) is 11.2. The molecule has 0 aliphatic rings. The Morgan fingerprint density at radius 3 is 1.02 bits per heavy atom. The zero-order valence-electron chi connectivity index (χ0n) is 28.5. The summed E-state index contributed by atoms with van der Waals surface area (Å²) in [6.45, 7) is 0. The minimum absolute atomic E-state index is 0. The van der Waals surface area contributed by atoms with Crippen LogP contribution in [0.3, 0.4) is 0 Å². The molecule has 0 aliphatic carbocycles. The maximum atomic E-state index is 12.2. The first-order valence-electron chi connectivity index (χ1n) is 16.1. The smallest absolute Gasteiger partial charge is 0.871 e. The molecule has 0 heterocycles. The zero-order valence-corrected chi connectivity index (χ0v) is 31.6. The summed E-state index contributed by atoms with van der Waals surface area (Å²) in [5, 5.41) is 45.3. The number of fused-ring (bicyclic) bond motifs is 4. The van der Waals surface area contributed by atoms with Gasteiger partial charge in [0.1, 0.15) is 21.2 Å². The summed E-state index contributed by atoms with van der Waals surface area (Å²) >= 11 is 0. The summed E-state index contributed by atoms with van der Waals surface area (Å²) in [7, 11) is -9.10. The van der Waals surface area contributed by atoms with Gasteiger partial charge in [0.2, 0.25) is 0 Å². The molecule has 55 heavy (non-hydrogen) atoms. The van der Waals surface area contributed by atoms with E-state index in [2.05, 4.69) is 20.5 Å². The van der Waals surface area contributed by atoms with Crippen LogP contribution in [0, 0.1) is 0 Å². The van der Waals surface area contributed by atoms with Crippen molar-refractivity contribution in [1.29, 1.82) is 0 Å². The number of hydrogen-bond acceptors (Lipinski definition) is 10. The summed E-state index contributed by atoms with van der Waals surface area (Å²) in [6, 6.07) is 40.3. The van der Waals surface area contributed by atoms with Gasteiger partial charge in [-0.1, -0.05) is 145 Å². The molecule has 0 unspecified atom stereocenters. The van der Waals surface area contributed by atoms with Crippen molar-refractivity contribution in [3.05, 3.63) is 146 Å². The van der Waals surface area contributed by atoms with Crippen LogP contribution in [0.1, 0.15) is 0 Å². The van der Waals surface area contributed by atoms with E-state index in [9.17, 15) is 36.2 Å². The van der Waals surface area contributed by atoms with Gasteiger partial charge in [-0.2, -0.15) is 27.1 Å². The van der Waals surface area contributed by atoms with E-state index in [1.54, 1.807) is 97.1 Å². The van der Waals surface area contributed by atoms with Gasteiger partial charge < -0.3 is 10.2 Å². The first-order chi connectivity index (χ1) is 25.9. The second kappa shape index (κ2) is 15.9. The number of hydrogen-bond donors (Lipinski definition) is 2. The molecule has 0 aromatic heterocycles. The van der Waals surface area contributed by atoms with Crippen LogP contribution in [0.25, 0.3) is 43.1 Å². The van der Waals surface area contributed by atoms with Crippen LogP contribution in [-0.2, 0) is 20.2 Å². The second-order valence-corrected chi connectivity index (χ2v) is 14.6. The molecule has 0 amide bonds. The molecule has 0 atom stereocenters. The second-order valence-electron chi connectivity index (χ2n) is 11.9. The zero-order chi connectivity index (χ0) is 38.0. The molecule has 0 fully saturated rings. The van der Waals surface area contributed by atoms with Gasteiger partial charge in [-0.05, 0) is 33.7 Å². The average Bonchev–Trinajstić information content (AvgIpc) is 3.16. The van der Waals surface area contributed by atoms with E-state index in [0.717, 1.165) is 10.8 Å². The third kappa shape index (κ3) is 8.17. The fraction of sp³-hybridized carbons (Fsp3) is 0. The third-order valence-corrected chi connectivity index (χ3v) is 10.4. The van der Waals surface area contributed by atoms with Crippen LogP contribution < -0.4 is 10.2 Å². The fourth-order valence-electron chi connectivity index (χ4n) is 6.05. The van der Waals surface area contributed by atoms with Gasteiger partial charge in [0, 0.05) is 21.5 Å². The Hall–Kier alpha value is -5.81. The Balaban J connectivity index is 0.000000184. The van der Waals surface area contributed by atoms with Gasteiger partial charge in [0.15, 0.2) is 0 Å². The first kappa shape index (κ1) is 38.9. The van der Waals surface area contributed by atoms with E-state index in [0.29, 0.717) is 32.3 Å². The van der Waals surface area contributed by atoms with Gasteiger partial charge >= 0.3 is 23.1 Å². The van der Waals surface area contributed by atoms with Gasteiger partial charge in [-0.3, -0.25) is 9.11 Å². The van der Waals surface area contributed by atoms with E-state index in [1.807, 2.05) is 24.3 Å². The van der Waals surface area contributed by atoms with E-state index >= 15 is 0 Å². The Labute approximate surface area is 330 Å². The topological polar surface area (TPSA) is 204 Å². The summed E-state index contributed by atoms with van der Waals surface area (Å²) in [6.07, 6.45) is 0. The van der Waals surface area contributed by atoms with Crippen molar-refractivity contribution >= 4 is 109 Å². The van der Waals surface area contributed by atoms with Gasteiger partial charge in [0.05, 0.1) is 11.4 Å². The molecule has 0 bridgehead atoms. The van der Waals surface area contributed by atoms with Crippen LogP contribution in [0.2, 0.25) is 0 Å². The molecule has 2 N–H and O–H groups in total. The van der Waals surface area contributed by atoms with E-state index in [1.165, 1.54) is 24.3 Å². The number of azo groups is 2. The van der Waals surface area contributed by atoms with Crippen molar-refractivity contribution in [2.45, 2.75) is 9.79 Å². The van der Waals surface area contributed by atoms with E-state index < -0.39 is 20.2 Å². The monoisotopic (exact) mass is 778 g/mol. The van der Waals surface area contributed by atoms with E-state index in [-0.39, 0.29) is 67.1 Å². The molecule has 0 spiro atoms. The minimum atomic E-state index is -4.55. The Morgan fingerprint density at radius 2 is 0.673 bits per heavy atom. The number of nitrogens with zero attached hydrogens (tertiary/aromatic N) is 4. The third-order valence-electron chi connectivity index (χ3n) is 8.48. The maximum absolute atomic E-state index is 12.2. The molecule has 12 nitrogen and oxygen atoms in total. The van der Waals surface area contributed by atoms with E-state index in [4.69, 9.17) is 0 Å². The molecule has 8 rings (SSSR count). The predicted octanol–water partition coefficient (Wildman–Crippen LogP) is 9.08. The van der Waals surface area contributed by atoms with Crippen LogP contribution in [0.15, 0.2) is 176 Å². The van der Waals surface area contributed by atoms with Crippen LogP contribution in [-0.4, -0.2) is 49.0 Å². The molecule has 15 heteroatoms. The van der Waals surface area contributed by atoms with Gasteiger partial charge in [0.25, 0.3) is 20.2 Å². The van der Waals surface area contributed by atoms with Crippen LogP contribution in [0.5, 0.6) is 11.5 Å². The maximum Gasteiger partial charge on any atom is 2.00 e. The Bertz CT molecular complexity index is 2840. The average molecular weight is 779 g/mol. The fourth-order valence-corrected chi connectivity index (χ4v) is 7.72. The quantitative estimate of drug-likeness (QED) is 0.0944. The number of benzene rings is 8. The minimum Gasteiger partial charge on any atom is -0.871 e. The molecule has 0 saturated heterocycles. The molecule has 0 saturated carbocycles. The summed E-state index contributed by atoms with van der Waals surface area (Å²) in [5.74, 6) is -0.654. The predicted molar refractivity (Wildman–Crippen MR) is 208 cm³/mol. The molecular weight excluding hydrogens is 753 g/mol. The SMILES string of the molecule is O=S(=O)(O)c1c(N=Nc2c([O-])ccc3ccccc23)ccc2ccccc12.O=S(=O)(O)c1c(N=Nc2c([O-])ccc3ccccc23)ccc2ccccc12.[Mg+2]. The molecular formula is C40H26MgN4O8S2. The standard InChI is InChI=1S/2C20H14N2O4S.Mg/c2*23-18-12-10-13-5-1-3-7-15(13)19(18)22-21-17-11-9-14-6-2-4-8-16(14)20(17)27(24,25)26;/h2*1-12,23H,(H,24,25,26);/q;;+2/p-2. The largest absolute Gasteiger partial charge is 2.00 e. The Morgan fingerprint density at radius 1 is 0.382 bits per heavy atom. The molecule has 8 aromatic carbocycles. The summed E-state index contributed by atoms with van der Waals surface area (Å²) < 4.78 is 67.2. The first-order valence-corrected chi connectivity index (χ1v) is 19.0. The van der Waals surface area contributed by atoms with Gasteiger partial charge in [-0.15, -0.1) is 10.2 Å². The van der Waals surface area contributed by atoms with Crippen molar-refractivity contribution in [3.8, 4) is 11.5 Å². The van der Waals surface area contributed by atoms with Gasteiger partial charge in [-0.25, -0.2) is 0 Å². The molecule has 0 radical (unpaired) electrons. The molecule has 268 valence electrons. The summed E-state index contributed by atoms with van der Waals surface area (Å²) in [5.41, 5.74) is 0.150. The molecule has 0 aliphatic heterocycles. The van der Waals surface area contributed by atoms with Crippen molar-refractivity contribution in [3.63, 3.8) is 0 Å².